The second-order valence-electron chi connectivity index (χ2n) is 4.23. The maximum atomic E-state index is 13.5. The van der Waals surface area contributed by atoms with Gasteiger partial charge in [-0.2, -0.15) is 0 Å². The van der Waals surface area contributed by atoms with E-state index in [4.69, 9.17) is 0 Å². The molecule has 0 saturated carbocycles. The highest BCUT2D eigenvalue weighted by molar-refractivity contribution is 14.1. The molecular formula is C14H16FIN2. The van der Waals surface area contributed by atoms with E-state index >= 15 is 0 Å². The van der Waals surface area contributed by atoms with Gasteiger partial charge in [0.15, 0.2) is 0 Å². The number of pyridine rings is 1. The van der Waals surface area contributed by atoms with Crippen molar-refractivity contribution in [3.05, 3.63) is 33.3 Å². The van der Waals surface area contributed by atoms with E-state index in [0.29, 0.717) is 0 Å². The summed E-state index contributed by atoms with van der Waals surface area (Å²) in [5, 5.41) is 4.22. The lowest BCUT2D eigenvalue weighted by molar-refractivity contribution is 0.628. The molecule has 0 bridgehead atoms. The number of benzene rings is 1. The molecular weight excluding hydrogens is 342 g/mol. The Bertz CT molecular complexity index is 569. The Labute approximate surface area is 120 Å². The van der Waals surface area contributed by atoms with E-state index < -0.39 is 0 Å². The molecule has 0 unspecified atom stereocenters. The molecule has 1 aromatic heterocycles. The van der Waals surface area contributed by atoms with Gasteiger partial charge in [0.1, 0.15) is 5.82 Å². The lowest BCUT2D eigenvalue weighted by Crippen LogP contribution is -2.03. The summed E-state index contributed by atoms with van der Waals surface area (Å²) >= 11 is 2.14. The highest BCUT2D eigenvalue weighted by atomic mass is 127. The molecule has 2 nitrogen and oxygen atoms in total. The van der Waals surface area contributed by atoms with Gasteiger partial charge in [0.2, 0.25) is 0 Å². The smallest absolute Gasteiger partial charge is 0.125 e. The van der Waals surface area contributed by atoms with Crippen molar-refractivity contribution in [2.24, 2.45) is 0 Å². The third-order valence-corrected chi connectivity index (χ3v) is 3.63. The number of anilines is 1. The van der Waals surface area contributed by atoms with E-state index in [1.165, 1.54) is 6.07 Å². The standard InChI is InChI=1S/C14H16FIN2/c1-3-5-17-13-8-10(4-2)18-14-11(13)6-9(15)7-12(14)16/h6-8H,3-5H2,1-2H3,(H,17,18). The Morgan fingerprint density at radius 2 is 2.06 bits per heavy atom. The summed E-state index contributed by atoms with van der Waals surface area (Å²) in [5.41, 5.74) is 2.90. The van der Waals surface area contributed by atoms with Gasteiger partial charge in [0.05, 0.1) is 5.52 Å². The molecule has 4 heteroatoms. The van der Waals surface area contributed by atoms with Crippen molar-refractivity contribution >= 4 is 39.2 Å². The van der Waals surface area contributed by atoms with Gasteiger partial charge in [-0.1, -0.05) is 13.8 Å². The number of hydrogen-bond acceptors (Lipinski definition) is 2. The Morgan fingerprint density at radius 1 is 1.28 bits per heavy atom. The normalized spacial score (nSPS) is 10.9. The Morgan fingerprint density at radius 3 is 2.72 bits per heavy atom. The number of nitrogens with zero attached hydrogens (tertiary/aromatic N) is 1. The summed E-state index contributed by atoms with van der Waals surface area (Å²) in [6, 6.07) is 5.11. The molecule has 1 heterocycles. The predicted octanol–water partition coefficient (Wildman–Crippen LogP) is 4.36. The van der Waals surface area contributed by atoms with Crippen LogP contribution in [0.15, 0.2) is 18.2 Å². The molecule has 1 aromatic carbocycles. The topological polar surface area (TPSA) is 24.9 Å². The van der Waals surface area contributed by atoms with Gasteiger partial charge in [-0.15, -0.1) is 0 Å². The van der Waals surface area contributed by atoms with Crippen LogP contribution >= 0.6 is 22.6 Å². The fourth-order valence-corrected chi connectivity index (χ4v) is 2.60. The predicted molar refractivity (Wildman–Crippen MR) is 82.6 cm³/mol. The second-order valence-corrected chi connectivity index (χ2v) is 5.39. The molecule has 0 fully saturated rings. The fourth-order valence-electron chi connectivity index (χ4n) is 1.89. The summed E-state index contributed by atoms with van der Waals surface area (Å²) in [4.78, 5) is 4.59. The first-order valence-corrected chi connectivity index (χ1v) is 7.26. The third-order valence-electron chi connectivity index (χ3n) is 2.81. The average Bonchev–Trinajstić information content (AvgIpc) is 2.36. The summed E-state index contributed by atoms with van der Waals surface area (Å²) in [6.45, 7) is 5.07. The molecule has 0 amide bonds. The zero-order chi connectivity index (χ0) is 13.1. The van der Waals surface area contributed by atoms with Gasteiger partial charge in [-0.05, 0) is 53.6 Å². The van der Waals surface area contributed by atoms with Crippen molar-refractivity contribution in [1.82, 2.24) is 4.98 Å². The van der Waals surface area contributed by atoms with Crippen LogP contribution in [0.3, 0.4) is 0 Å². The van der Waals surface area contributed by atoms with Crippen LogP contribution in [-0.4, -0.2) is 11.5 Å². The highest BCUT2D eigenvalue weighted by Crippen LogP contribution is 2.28. The van der Waals surface area contributed by atoms with Crippen molar-refractivity contribution in [3.63, 3.8) is 0 Å². The number of halogens is 2. The highest BCUT2D eigenvalue weighted by Gasteiger charge is 2.09. The summed E-state index contributed by atoms with van der Waals surface area (Å²) in [6.07, 6.45) is 1.92. The Kier molecular flexibility index (Phi) is 4.37. The first-order chi connectivity index (χ1) is 8.65. The van der Waals surface area contributed by atoms with Crippen LogP contribution < -0.4 is 5.32 Å². The van der Waals surface area contributed by atoms with Crippen LogP contribution in [0.4, 0.5) is 10.1 Å². The van der Waals surface area contributed by atoms with E-state index in [9.17, 15) is 4.39 Å². The summed E-state index contributed by atoms with van der Waals surface area (Å²) < 4.78 is 14.4. The first kappa shape index (κ1) is 13.5. The van der Waals surface area contributed by atoms with Crippen LogP contribution in [-0.2, 0) is 6.42 Å². The molecule has 0 aliphatic rings. The molecule has 0 spiro atoms. The van der Waals surface area contributed by atoms with Crippen molar-refractivity contribution in [1.29, 1.82) is 0 Å². The Hall–Kier alpha value is -0.910. The minimum Gasteiger partial charge on any atom is -0.384 e. The van der Waals surface area contributed by atoms with E-state index in [1.807, 2.05) is 6.07 Å². The van der Waals surface area contributed by atoms with Crippen molar-refractivity contribution in [2.75, 3.05) is 11.9 Å². The lowest BCUT2D eigenvalue weighted by atomic mass is 10.1. The van der Waals surface area contributed by atoms with Gasteiger partial charge in [-0.25, -0.2) is 4.39 Å². The molecule has 96 valence electrons. The van der Waals surface area contributed by atoms with Gasteiger partial charge >= 0.3 is 0 Å². The molecule has 2 aromatic rings. The first-order valence-electron chi connectivity index (χ1n) is 6.18. The fraction of sp³-hybridized carbons (Fsp3) is 0.357. The van der Waals surface area contributed by atoms with Crippen LogP contribution in [0.1, 0.15) is 26.0 Å². The van der Waals surface area contributed by atoms with E-state index in [1.54, 1.807) is 6.07 Å². The van der Waals surface area contributed by atoms with Crippen molar-refractivity contribution in [2.45, 2.75) is 26.7 Å². The van der Waals surface area contributed by atoms with Gasteiger partial charge in [-0.3, -0.25) is 4.98 Å². The molecule has 0 radical (unpaired) electrons. The molecule has 18 heavy (non-hydrogen) atoms. The second kappa shape index (κ2) is 5.82. The number of aromatic nitrogens is 1. The van der Waals surface area contributed by atoms with Crippen molar-refractivity contribution < 1.29 is 4.39 Å². The molecule has 1 N–H and O–H groups in total. The zero-order valence-corrected chi connectivity index (χ0v) is 12.7. The molecule has 0 aliphatic heterocycles. The largest absolute Gasteiger partial charge is 0.384 e. The minimum atomic E-state index is -0.211. The van der Waals surface area contributed by atoms with Gasteiger partial charge < -0.3 is 5.32 Å². The molecule has 0 saturated heterocycles. The monoisotopic (exact) mass is 358 g/mol. The number of rotatable bonds is 4. The van der Waals surface area contributed by atoms with E-state index in [-0.39, 0.29) is 5.82 Å². The average molecular weight is 358 g/mol. The number of nitrogens with one attached hydrogen (secondary N) is 1. The third kappa shape index (κ3) is 2.74. The quantitative estimate of drug-likeness (QED) is 0.822. The van der Waals surface area contributed by atoms with E-state index in [2.05, 4.69) is 46.7 Å². The maximum Gasteiger partial charge on any atom is 0.125 e. The maximum absolute atomic E-state index is 13.5. The molecule has 0 aliphatic carbocycles. The van der Waals surface area contributed by atoms with Crippen LogP contribution in [0.25, 0.3) is 10.9 Å². The van der Waals surface area contributed by atoms with Crippen LogP contribution in [0.5, 0.6) is 0 Å². The summed E-state index contributed by atoms with van der Waals surface area (Å²) in [7, 11) is 0. The van der Waals surface area contributed by atoms with Gasteiger partial charge in [0.25, 0.3) is 0 Å². The number of aryl methyl sites for hydroxylation is 1. The van der Waals surface area contributed by atoms with Crippen molar-refractivity contribution in [3.8, 4) is 0 Å². The van der Waals surface area contributed by atoms with Crippen LogP contribution in [0.2, 0.25) is 0 Å². The minimum absolute atomic E-state index is 0.211. The van der Waals surface area contributed by atoms with Gasteiger partial charge in [0, 0.05) is 26.9 Å². The number of hydrogen-bond donors (Lipinski definition) is 1. The van der Waals surface area contributed by atoms with E-state index in [0.717, 1.165) is 45.2 Å². The zero-order valence-electron chi connectivity index (χ0n) is 10.6. The Balaban J connectivity index is 2.64. The lowest BCUT2D eigenvalue weighted by Gasteiger charge is -2.12. The summed E-state index contributed by atoms with van der Waals surface area (Å²) in [5.74, 6) is -0.211. The molecule has 0 atom stereocenters. The SMILES string of the molecule is CCCNc1cc(CC)nc2c(I)cc(F)cc12. The van der Waals surface area contributed by atoms with Crippen LogP contribution in [0, 0.1) is 9.39 Å². The molecule has 2 rings (SSSR count). The number of fused-ring (bicyclic) bond motifs is 1.